The lowest BCUT2D eigenvalue weighted by molar-refractivity contribution is -0.121. The summed E-state index contributed by atoms with van der Waals surface area (Å²) < 4.78 is 1.21. The van der Waals surface area contributed by atoms with E-state index in [1.807, 2.05) is 12.1 Å². The van der Waals surface area contributed by atoms with Crippen molar-refractivity contribution in [2.45, 2.75) is 19.5 Å². The monoisotopic (exact) mass is 342 g/mol. The number of halogens is 1. The second-order valence-electron chi connectivity index (χ2n) is 5.29. The van der Waals surface area contributed by atoms with Gasteiger partial charge in [-0.3, -0.25) is 9.59 Å². The van der Waals surface area contributed by atoms with Gasteiger partial charge in [-0.05, 0) is 29.8 Å². The Bertz CT molecular complexity index is 939. The molecule has 0 unspecified atom stereocenters. The second kappa shape index (κ2) is 7.23. The van der Waals surface area contributed by atoms with Gasteiger partial charge in [0.15, 0.2) is 0 Å². The Hall–Kier alpha value is -2.73. The van der Waals surface area contributed by atoms with Crippen LogP contribution >= 0.6 is 11.6 Å². The van der Waals surface area contributed by atoms with Gasteiger partial charge >= 0.3 is 0 Å². The van der Waals surface area contributed by atoms with Crippen LogP contribution in [0.15, 0.2) is 53.3 Å². The Labute approximate surface area is 143 Å². The molecule has 0 radical (unpaired) electrons. The van der Waals surface area contributed by atoms with E-state index >= 15 is 0 Å². The highest BCUT2D eigenvalue weighted by molar-refractivity contribution is 6.30. The minimum Gasteiger partial charge on any atom is -0.352 e. The molecule has 0 fully saturated rings. The molecular weight excluding hydrogens is 328 g/mol. The molecular formula is C17H15ClN4O2. The predicted octanol–water partition coefficient (Wildman–Crippen LogP) is 2.15. The van der Waals surface area contributed by atoms with Crippen LogP contribution in [0, 0.1) is 0 Å². The fourth-order valence-electron chi connectivity index (χ4n) is 2.31. The molecule has 1 amide bonds. The first kappa shape index (κ1) is 16.1. The molecule has 6 nitrogen and oxygen atoms in total. The number of nitrogens with one attached hydrogen (secondary N) is 1. The Balaban J connectivity index is 1.60. The summed E-state index contributed by atoms with van der Waals surface area (Å²) in [5, 5.41) is 11.8. The van der Waals surface area contributed by atoms with Crippen LogP contribution in [0.4, 0.5) is 0 Å². The summed E-state index contributed by atoms with van der Waals surface area (Å²) in [6.07, 6.45) is 0.146. The third-order valence-corrected chi connectivity index (χ3v) is 3.79. The topological polar surface area (TPSA) is 76.9 Å². The molecule has 0 saturated heterocycles. The normalized spacial score (nSPS) is 10.7. The number of carbonyl (C=O) groups excluding carboxylic acids is 1. The molecule has 0 aliphatic carbocycles. The van der Waals surface area contributed by atoms with Crippen LogP contribution in [0.2, 0.25) is 5.02 Å². The van der Waals surface area contributed by atoms with Crippen LogP contribution in [0.3, 0.4) is 0 Å². The minimum atomic E-state index is -0.247. The summed E-state index contributed by atoms with van der Waals surface area (Å²) >= 11 is 5.90. The van der Waals surface area contributed by atoms with Gasteiger partial charge in [-0.1, -0.05) is 41.1 Å². The molecule has 0 bridgehead atoms. The highest BCUT2D eigenvalue weighted by Crippen LogP contribution is 2.10. The summed E-state index contributed by atoms with van der Waals surface area (Å²) in [6.45, 7) is 0.565. The average molecular weight is 343 g/mol. The van der Waals surface area contributed by atoms with E-state index in [0.717, 1.165) is 5.56 Å². The molecule has 1 heterocycles. The van der Waals surface area contributed by atoms with Crippen molar-refractivity contribution in [2.75, 3.05) is 0 Å². The smallest absolute Gasteiger partial charge is 0.277 e. The van der Waals surface area contributed by atoms with Gasteiger partial charge in [0.1, 0.15) is 5.52 Å². The Morgan fingerprint density at radius 1 is 1.17 bits per heavy atom. The van der Waals surface area contributed by atoms with Crippen molar-refractivity contribution >= 4 is 28.4 Å². The number of aryl methyl sites for hydroxylation is 1. The van der Waals surface area contributed by atoms with E-state index in [-0.39, 0.29) is 24.4 Å². The number of nitrogens with zero attached hydrogens (tertiary/aromatic N) is 3. The molecule has 0 saturated carbocycles. The third-order valence-electron chi connectivity index (χ3n) is 3.56. The zero-order valence-corrected chi connectivity index (χ0v) is 13.5. The van der Waals surface area contributed by atoms with Crippen molar-refractivity contribution in [1.82, 2.24) is 20.3 Å². The predicted molar refractivity (Wildman–Crippen MR) is 91.7 cm³/mol. The zero-order valence-electron chi connectivity index (χ0n) is 12.8. The molecule has 122 valence electrons. The Kier molecular flexibility index (Phi) is 4.86. The molecule has 0 spiro atoms. The van der Waals surface area contributed by atoms with Crippen LogP contribution in [0.25, 0.3) is 10.9 Å². The van der Waals surface area contributed by atoms with E-state index in [0.29, 0.717) is 22.5 Å². The third kappa shape index (κ3) is 3.78. The van der Waals surface area contributed by atoms with E-state index in [1.165, 1.54) is 4.68 Å². The number of amides is 1. The lowest BCUT2D eigenvalue weighted by Gasteiger charge is -2.07. The SMILES string of the molecule is O=C(CCn1nnc2ccccc2c1=O)NCc1cccc(Cl)c1. The minimum absolute atomic E-state index is 0.146. The maximum Gasteiger partial charge on any atom is 0.277 e. The molecule has 3 aromatic rings. The van der Waals surface area contributed by atoms with E-state index in [1.54, 1.807) is 36.4 Å². The maximum absolute atomic E-state index is 12.3. The maximum atomic E-state index is 12.3. The molecule has 7 heteroatoms. The lowest BCUT2D eigenvalue weighted by atomic mass is 10.2. The van der Waals surface area contributed by atoms with Gasteiger partial charge in [-0.2, -0.15) is 0 Å². The molecule has 0 aliphatic rings. The quantitative estimate of drug-likeness (QED) is 0.770. The van der Waals surface area contributed by atoms with Crippen LogP contribution in [-0.4, -0.2) is 20.9 Å². The van der Waals surface area contributed by atoms with Gasteiger partial charge in [0, 0.05) is 18.0 Å². The van der Waals surface area contributed by atoms with Gasteiger partial charge in [-0.25, -0.2) is 4.68 Å². The molecule has 2 aromatic carbocycles. The standard InChI is InChI=1S/C17H15ClN4O2/c18-13-5-3-4-12(10-13)11-19-16(23)8-9-22-17(24)14-6-1-2-7-15(14)20-21-22/h1-7,10H,8-9,11H2,(H,19,23). The second-order valence-corrected chi connectivity index (χ2v) is 5.73. The number of hydrogen-bond acceptors (Lipinski definition) is 4. The number of rotatable bonds is 5. The number of fused-ring (bicyclic) bond motifs is 1. The Morgan fingerprint density at radius 2 is 2.00 bits per heavy atom. The first-order valence-electron chi connectivity index (χ1n) is 7.47. The van der Waals surface area contributed by atoms with Gasteiger partial charge in [0.2, 0.25) is 5.91 Å². The van der Waals surface area contributed by atoms with Gasteiger partial charge in [0.05, 0.1) is 11.9 Å². The fraction of sp³-hybridized carbons (Fsp3) is 0.176. The van der Waals surface area contributed by atoms with Crippen LogP contribution in [0.1, 0.15) is 12.0 Å². The van der Waals surface area contributed by atoms with Crippen molar-refractivity contribution in [2.24, 2.45) is 0 Å². The van der Waals surface area contributed by atoms with E-state index in [4.69, 9.17) is 11.6 Å². The largest absolute Gasteiger partial charge is 0.352 e. The summed E-state index contributed by atoms with van der Waals surface area (Å²) in [4.78, 5) is 24.2. The number of carbonyl (C=O) groups is 1. The van der Waals surface area contributed by atoms with Crippen LogP contribution in [-0.2, 0) is 17.9 Å². The summed E-state index contributed by atoms with van der Waals surface area (Å²) in [6, 6.07) is 14.3. The van der Waals surface area contributed by atoms with Crippen LogP contribution in [0.5, 0.6) is 0 Å². The van der Waals surface area contributed by atoms with E-state index in [9.17, 15) is 9.59 Å². The molecule has 24 heavy (non-hydrogen) atoms. The van der Waals surface area contributed by atoms with Crippen molar-refractivity contribution in [1.29, 1.82) is 0 Å². The van der Waals surface area contributed by atoms with Gasteiger partial charge < -0.3 is 5.32 Å². The van der Waals surface area contributed by atoms with Crippen molar-refractivity contribution in [3.63, 3.8) is 0 Å². The highest BCUT2D eigenvalue weighted by atomic mass is 35.5. The van der Waals surface area contributed by atoms with Crippen molar-refractivity contribution in [3.8, 4) is 0 Å². The first-order valence-corrected chi connectivity index (χ1v) is 7.85. The molecule has 1 aromatic heterocycles. The van der Waals surface area contributed by atoms with Gasteiger partial charge in [-0.15, -0.1) is 5.10 Å². The number of hydrogen-bond donors (Lipinski definition) is 1. The van der Waals surface area contributed by atoms with E-state index in [2.05, 4.69) is 15.6 Å². The summed E-state index contributed by atoms with van der Waals surface area (Å²) in [5.41, 5.74) is 1.21. The summed E-state index contributed by atoms with van der Waals surface area (Å²) in [5.74, 6) is -0.170. The lowest BCUT2D eigenvalue weighted by Crippen LogP contribution is -2.29. The number of benzene rings is 2. The van der Waals surface area contributed by atoms with Gasteiger partial charge in [0.25, 0.3) is 5.56 Å². The van der Waals surface area contributed by atoms with Crippen molar-refractivity contribution < 1.29 is 4.79 Å². The average Bonchev–Trinajstić information content (AvgIpc) is 2.60. The fourth-order valence-corrected chi connectivity index (χ4v) is 2.53. The number of aromatic nitrogens is 3. The van der Waals surface area contributed by atoms with Crippen molar-refractivity contribution in [3.05, 3.63) is 69.5 Å². The Morgan fingerprint density at radius 3 is 2.83 bits per heavy atom. The molecule has 1 N–H and O–H groups in total. The molecule has 0 aliphatic heterocycles. The van der Waals surface area contributed by atoms with Crippen LogP contribution < -0.4 is 10.9 Å². The zero-order chi connectivity index (χ0) is 16.9. The molecule has 0 atom stereocenters. The van der Waals surface area contributed by atoms with E-state index < -0.39 is 0 Å². The highest BCUT2D eigenvalue weighted by Gasteiger charge is 2.07. The first-order chi connectivity index (χ1) is 11.6. The summed E-state index contributed by atoms with van der Waals surface area (Å²) in [7, 11) is 0. The molecule has 3 rings (SSSR count).